The Kier molecular flexibility index (Phi) is 3.47. The molecule has 0 radical (unpaired) electrons. The van der Waals surface area contributed by atoms with Gasteiger partial charge in [0.05, 0.1) is 5.41 Å². The Hall–Kier alpha value is -1.35. The van der Waals surface area contributed by atoms with Gasteiger partial charge in [0, 0.05) is 18.0 Å². The Bertz CT molecular complexity index is 891. The van der Waals surface area contributed by atoms with Gasteiger partial charge in [0.25, 0.3) is 0 Å². The molecule has 3 heterocycles. The number of carbonyl (C=O) groups is 1. The predicted octanol–water partition coefficient (Wildman–Crippen LogP) is 4.52. The number of hydrogen-bond acceptors (Lipinski definition) is 2. The summed E-state index contributed by atoms with van der Waals surface area (Å²) >= 11 is 0. The van der Waals surface area contributed by atoms with E-state index in [9.17, 15) is 4.79 Å². The maximum Gasteiger partial charge on any atom is 0.226 e. The summed E-state index contributed by atoms with van der Waals surface area (Å²) in [6, 6.07) is 11.7. The van der Waals surface area contributed by atoms with Crippen molar-refractivity contribution in [1.29, 1.82) is 0 Å². The van der Waals surface area contributed by atoms with E-state index in [0.717, 1.165) is 31.7 Å². The van der Waals surface area contributed by atoms with E-state index in [4.69, 9.17) is 0 Å². The van der Waals surface area contributed by atoms with E-state index in [2.05, 4.69) is 47.5 Å². The van der Waals surface area contributed by atoms with Crippen LogP contribution >= 0.6 is 0 Å². The van der Waals surface area contributed by atoms with E-state index in [-0.39, 0.29) is 10.8 Å². The normalized spacial score (nSPS) is 52.2. The van der Waals surface area contributed by atoms with Gasteiger partial charge in [0.2, 0.25) is 5.91 Å². The molecule has 1 aromatic rings. The lowest BCUT2D eigenvalue weighted by atomic mass is 9.36. The van der Waals surface area contributed by atoms with Crippen molar-refractivity contribution in [2.45, 2.75) is 76.2 Å². The van der Waals surface area contributed by atoms with Gasteiger partial charge in [0.1, 0.15) is 0 Å². The molecule has 5 bridgehead atoms. The van der Waals surface area contributed by atoms with E-state index >= 15 is 0 Å². The van der Waals surface area contributed by atoms with Crippen molar-refractivity contribution in [3.05, 3.63) is 35.9 Å². The maximum atomic E-state index is 14.0. The first-order valence-electron chi connectivity index (χ1n) is 12.6. The Morgan fingerprint density at radius 2 is 1.87 bits per heavy atom. The lowest BCUT2D eigenvalue weighted by molar-refractivity contribution is -0.138. The molecule has 160 valence electrons. The second kappa shape index (κ2) is 5.71. The summed E-state index contributed by atoms with van der Waals surface area (Å²) in [7, 11) is 0. The highest BCUT2D eigenvalue weighted by atomic mass is 16.2. The van der Waals surface area contributed by atoms with E-state index in [1.54, 1.807) is 0 Å². The minimum absolute atomic E-state index is 0.113. The number of fused-ring (bicyclic) bond motifs is 5. The number of amides is 1. The molecule has 1 spiro atoms. The average molecular weight is 405 g/mol. The highest BCUT2D eigenvalue weighted by Gasteiger charge is 2.84. The molecule has 3 unspecified atom stereocenters. The van der Waals surface area contributed by atoms with E-state index in [1.807, 2.05) is 0 Å². The molecule has 8 rings (SSSR count). The maximum absolute atomic E-state index is 14.0. The molecule has 6 atom stereocenters. The lowest BCUT2D eigenvalue weighted by Crippen LogP contribution is -2.62. The minimum atomic E-state index is -0.113. The van der Waals surface area contributed by atoms with Gasteiger partial charge in [-0.25, -0.2) is 0 Å². The van der Waals surface area contributed by atoms with Gasteiger partial charge in [-0.05, 0) is 99.1 Å². The van der Waals surface area contributed by atoms with Crippen molar-refractivity contribution < 1.29 is 4.79 Å². The van der Waals surface area contributed by atoms with Crippen molar-refractivity contribution in [3.8, 4) is 0 Å². The average Bonchev–Trinajstić information content (AvgIpc) is 3.08. The SMILES string of the molecule is CC[C@]12CC3CC4(C(=O)N[C@H]5CN6CCC5CC6)CC1(C3)[C@](c1ccccc1)(C4)C2. The largest absolute Gasteiger partial charge is 0.351 e. The number of hydrogen-bond donors (Lipinski definition) is 1. The highest BCUT2D eigenvalue weighted by molar-refractivity contribution is 5.85. The smallest absolute Gasteiger partial charge is 0.226 e. The van der Waals surface area contributed by atoms with E-state index < -0.39 is 0 Å². The fourth-order valence-electron chi connectivity index (χ4n) is 10.4. The van der Waals surface area contributed by atoms with Crippen molar-refractivity contribution in [1.82, 2.24) is 10.2 Å². The number of piperidine rings is 3. The quantitative estimate of drug-likeness (QED) is 0.800. The van der Waals surface area contributed by atoms with Gasteiger partial charge in [-0.1, -0.05) is 37.3 Å². The second-order valence-corrected chi connectivity index (χ2v) is 12.2. The number of rotatable bonds is 4. The Balaban J connectivity index is 1.26. The first-order chi connectivity index (χ1) is 14.5. The molecule has 3 aliphatic heterocycles. The van der Waals surface area contributed by atoms with E-state index in [1.165, 1.54) is 57.2 Å². The van der Waals surface area contributed by atoms with Crippen LogP contribution in [-0.4, -0.2) is 36.5 Å². The molecule has 1 aromatic carbocycles. The van der Waals surface area contributed by atoms with Crippen LogP contribution < -0.4 is 5.32 Å². The van der Waals surface area contributed by atoms with Gasteiger partial charge >= 0.3 is 0 Å². The zero-order valence-corrected chi connectivity index (χ0v) is 18.5. The molecule has 4 saturated carbocycles. The summed E-state index contributed by atoms with van der Waals surface area (Å²) in [6.45, 7) is 5.99. The zero-order valence-electron chi connectivity index (χ0n) is 18.5. The summed E-state index contributed by atoms with van der Waals surface area (Å²) < 4.78 is 0. The molecule has 7 aliphatic rings. The number of benzene rings is 1. The van der Waals surface area contributed by atoms with Gasteiger partial charge in [-0.3, -0.25) is 4.79 Å². The Morgan fingerprint density at radius 1 is 1.07 bits per heavy atom. The fourth-order valence-corrected chi connectivity index (χ4v) is 10.4. The molecule has 3 saturated heterocycles. The number of carbonyl (C=O) groups excluding carboxylic acids is 1. The summed E-state index contributed by atoms with van der Waals surface area (Å²) in [4.78, 5) is 16.6. The molecule has 3 nitrogen and oxygen atoms in total. The lowest BCUT2D eigenvalue weighted by Gasteiger charge is -2.67. The molecule has 30 heavy (non-hydrogen) atoms. The zero-order chi connectivity index (χ0) is 20.2. The molecular formula is C27H36N2O. The molecule has 1 amide bonds. The molecule has 3 heteroatoms. The van der Waals surface area contributed by atoms with Crippen LogP contribution in [0.25, 0.3) is 0 Å². The highest BCUT2D eigenvalue weighted by Crippen LogP contribution is 2.89. The van der Waals surface area contributed by atoms with Gasteiger partial charge < -0.3 is 10.2 Å². The number of nitrogens with one attached hydrogen (secondary N) is 1. The molecule has 1 N–H and O–H groups in total. The van der Waals surface area contributed by atoms with Crippen molar-refractivity contribution in [3.63, 3.8) is 0 Å². The third-order valence-corrected chi connectivity index (χ3v) is 11.3. The third kappa shape index (κ3) is 1.96. The van der Waals surface area contributed by atoms with Crippen LogP contribution in [0, 0.1) is 28.1 Å². The molecule has 4 aliphatic carbocycles. The van der Waals surface area contributed by atoms with Crippen molar-refractivity contribution >= 4 is 5.91 Å². The first kappa shape index (κ1) is 18.2. The van der Waals surface area contributed by atoms with Crippen LogP contribution in [0.15, 0.2) is 30.3 Å². The van der Waals surface area contributed by atoms with E-state index in [0.29, 0.717) is 28.7 Å². The second-order valence-electron chi connectivity index (χ2n) is 12.2. The third-order valence-electron chi connectivity index (χ3n) is 11.3. The topological polar surface area (TPSA) is 32.3 Å². The van der Waals surface area contributed by atoms with Gasteiger partial charge in [0.15, 0.2) is 0 Å². The fraction of sp³-hybridized carbons (Fsp3) is 0.741. The van der Waals surface area contributed by atoms with Gasteiger partial charge in [-0.2, -0.15) is 0 Å². The van der Waals surface area contributed by atoms with Crippen molar-refractivity contribution in [2.75, 3.05) is 19.6 Å². The van der Waals surface area contributed by atoms with Crippen LogP contribution in [0.3, 0.4) is 0 Å². The summed E-state index contributed by atoms with van der Waals surface area (Å²) in [6.07, 6.45) is 11.4. The molecule has 0 aromatic heterocycles. The summed E-state index contributed by atoms with van der Waals surface area (Å²) in [5.74, 6) is 1.91. The molecular weight excluding hydrogens is 368 g/mol. The summed E-state index contributed by atoms with van der Waals surface area (Å²) in [5.41, 5.74) is 2.56. The van der Waals surface area contributed by atoms with Crippen LogP contribution in [0.2, 0.25) is 0 Å². The first-order valence-corrected chi connectivity index (χ1v) is 12.6. The van der Waals surface area contributed by atoms with Gasteiger partial charge in [-0.15, -0.1) is 0 Å². The Morgan fingerprint density at radius 3 is 2.57 bits per heavy atom. The number of nitrogens with zero attached hydrogens (tertiary/aromatic N) is 1. The monoisotopic (exact) mass is 404 g/mol. The Labute approximate surface area is 181 Å². The van der Waals surface area contributed by atoms with Crippen LogP contribution in [-0.2, 0) is 10.2 Å². The van der Waals surface area contributed by atoms with Crippen LogP contribution in [0.4, 0.5) is 0 Å². The van der Waals surface area contributed by atoms with Crippen LogP contribution in [0.1, 0.15) is 70.3 Å². The summed E-state index contributed by atoms with van der Waals surface area (Å²) in [5, 5.41) is 3.66. The van der Waals surface area contributed by atoms with Crippen molar-refractivity contribution in [2.24, 2.45) is 28.1 Å². The minimum Gasteiger partial charge on any atom is -0.351 e. The standard InChI is InChI=1S/C27H36N2O/c1-2-25-13-19-12-24(23(30)28-22-15-29-10-8-20(22)9-11-29)16-26(18-25,27(25,14-19)17-24)21-6-4-3-5-7-21/h3-7,19-20,22H,2,8-18H2,1H3,(H,28,30)/t19?,22-,24?,25+,26+,27?/m0/s1. The predicted molar refractivity (Wildman–Crippen MR) is 118 cm³/mol. The molecule has 7 fully saturated rings. The van der Waals surface area contributed by atoms with Crippen LogP contribution in [0.5, 0.6) is 0 Å².